The quantitative estimate of drug-likeness (QED) is 0.942. The molecule has 1 atom stereocenters. The molecular weight excluding hydrogens is 267 g/mol. The van der Waals surface area contributed by atoms with Crippen molar-refractivity contribution in [2.45, 2.75) is 19.8 Å². The molecule has 5 heteroatoms. The maximum Gasteiger partial charge on any atom is 0.221 e. The third-order valence-corrected chi connectivity index (χ3v) is 4.02. The van der Waals surface area contributed by atoms with Crippen LogP contribution >= 0.6 is 0 Å². The van der Waals surface area contributed by atoms with Gasteiger partial charge in [0, 0.05) is 19.3 Å². The molecule has 110 valence electrons. The second kappa shape index (κ2) is 5.68. The van der Waals surface area contributed by atoms with Crippen LogP contribution in [0.15, 0.2) is 30.5 Å². The van der Waals surface area contributed by atoms with Crippen LogP contribution in [0.2, 0.25) is 0 Å². The first-order chi connectivity index (χ1) is 10.1. The molecule has 3 rings (SSSR count). The first kappa shape index (κ1) is 13.8. The van der Waals surface area contributed by atoms with Gasteiger partial charge < -0.3 is 10.6 Å². The molecule has 0 saturated carbocycles. The van der Waals surface area contributed by atoms with Crippen molar-refractivity contribution in [3.63, 3.8) is 0 Å². The van der Waals surface area contributed by atoms with E-state index in [1.54, 1.807) is 12.3 Å². The zero-order valence-corrected chi connectivity index (χ0v) is 12.1. The number of aryl methyl sites for hydroxylation is 1. The van der Waals surface area contributed by atoms with Crippen molar-refractivity contribution in [1.29, 1.82) is 0 Å². The molecule has 2 aromatic rings. The molecule has 1 unspecified atom stereocenters. The van der Waals surface area contributed by atoms with Gasteiger partial charge in [-0.05, 0) is 48.9 Å². The lowest BCUT2D eigenvalue weighted by molar-refractivity contribution is 0.581. The Morgan fingerprint density at radius 2 is 2.24 bits per heavy atom. The highest BCUT2D eigenvalue weighted by molar-refractivity contribution is 5.42. The van der Waals surface area contributed by atoms with Gasteiger partial charge >= 0.3 is 0 Å². The summed E-state index contributed by atoms with van der Waals surface area (Å²) in [5.41, 5.74) is 7.54. The third kappa shape index (κ3) is 3.12. The second-order valence-electron chi connectivity index (χ2n) is 5.66. The lowest BCUT2D eigenvalue weighted by Gasteiger charge is -2.17. The Hall–Kier alpha value is -2.17. The Morgan fingerprint density at radius 3 is 3.00 bits per heavy atom. The highest BCUT2D eigenvalue weighted by Gasteiger charge is 2.24. The molecule has 0 radical (unpaired) electrons. The summed E-state index contributed by atoms with van der Waals surface area (Å²) in [5.74, 6) is 1.62. The van der Waals surface area contributed by atoms with E-state index in [9.17, 15) is 4.39 Å². The molecule has 1 fully saturated rings. The van der Waals surface area contributed by atoms with E-state index in [2.05, 4.69) is 14.9 Å². The van der Waals surface area contributed by atoms with Crippen LogP contribution in [-0.2, 0) is 6.42 Å². The van der Waals surface area contributed by atoms with Gasteiger partial charge in [0.2, 0.25) is 5.95 Å². The van der Waals surface area contributed by atoms with Crippen LogP contribution in [0.3, 0.4) is 0 Å². The minimum atomic E-state index is -0.136. The molecule has 21 heavy (non-hydrogen) atoms. The number of benzene rings is 1. The lowest BCUT2D eigenvalue weighted by Crippen LogP contribution is -2.21. The van der Waals surface area contributed by atoms with Crippen molar-refractivity contribution in [3.8, 4) is 0 Å². The van der Waals surface area contributed by atoms with Gasteiger partial charge in [0.15, 0.2) is 0 Å². The van der Waals surface area contributed by atoms with Gasteiger partial charge in [0.1, 0.15) is 11.6 Å². The fourth-order valence-electron chi connectivity index (χ4n) is 2.91. The van der Waals surface area contributed by atoms with Crippen LogP contribution in [0.4, 0.5) is 16.2 Å². The number of nitrogens with two attached hydrogens (primary N) is 1. The van der Waals surface area contributed by atoms with E-state index in [-0.39, 0.29) is 5.82 Å². The van der Waals surface area contributed by atoms with Gasteiger partial charge in [0.25, 0.3) is 0 Å². The molecule has 1 aromatic heterocycles. The Bertz CT molecular complexity index is 644. The second-order valence-corrected chi connectivity index (χ2v) is 5.66. The monoisotopic (exact) mass is 286 g/mol. The SMILES string of the molecule is Cc1cc(CC2CCN(c3ccnc(N)n3)C2)ccc1F. The van der Waals surface area contributed by atoms with E-state index in [4.69, 9.17) is 5.73 Å². The molecule has 1 aliphatic heterocycles. The third-order valence-electron chi connectivity index (χ3n) is 4.02. The van der Waals surface area contributed by atoms with Gasteiger partial charge in [0.05, 0.1) is 0 Å². The van der Waals surface area contributed by atoms with Crippen LogP contribution in [0.5, 0.6) is 0 Å². The molecule has 0 bridgehead atoms. The van der Waals surface area contributed by atoms with Crippen LogP contribution in [0, 0.1) is 18.7 Å². The number of nitrogen functional groups attached to an aromatic ring is 1. The number of anilines is 2. The predicted octanol–water partition coefficient (Wildman–Crippen LogP) is 2.58. The standard InChI is InChI=1S/C16H19FN4/c1-11-8-12(2-3-14(11)17)9-13-5-7-21(10-13)15-4-6-19-16(18)20-15/h2-4,6,8,13H,5,7,9-10H2,1H3,(H2,18,19,20). The maximum atomic E-state index is 13.3. The van der Waals surface area contributed by atoms with Crippen LogP contribution in [0.25, 0.3) is 0 Å². The number of aromatic nitrogens is 2. The van der Waals surface area contributed by atoms with Crippen LogP contribution in [-0.4, -0.2) is 23.1 Å². The van der Waals surface area contributed by atoms with Gasteiger partial charge in [-0.2, -0.15) is 4.98 Å². The first-order valence-electron chi connectivity index (χ1n) is 7.20. The van der Waals surface area contributed by atoms with E-state index in [1.165, 1.54) is 5.56 Å². The summed E-state index contributed by atoms with van der Waals surface area (Å²) < 4.78 is 13.3. The fourth-order valence-corrected chi connectivity index (χ4v) is 2.91. The Kier molecular flexibility index (Phi) is 3.73. The predicted molar refractivity (Wildman–Crippen MR) is 81.6 cm³/mol. The molecule has 2 N–H and O–H groups in total. The van der Waals surface area contributed by atoms with Crippen LogP contribution in [0.1, 0.15) is 17.5 Å². The molecule has 1 aromatic carbocycles. The van der Waals surface area contributed by atoms with E-state index >= 15 is 0 Å². The normalized spacial score (nSPS) is 18.2. The van der Waals surface area contributed by atoms with Gasteiger partial charge in [-0.15, -0.1) is 0 Å². The molecule has 0 spiro atoms. The van der Waals surface area contributed by atoms with Crippen molar-refractivity contribution < 1.29 is 4.39 Å². The highest BCUT2D eigenvalue weighted by atomic mass is 19.1. The summed E-state index contributed by atoms with van der Waals surface area (Å²) in [6, 6.07) is 7.28. The zero-order chi connectivity index (χ0) is 14.8. The number of halogens is 1. The van der Waals surface area contributed by atoms with E-state index in [1.807, 2.05) is 25.1 Å². The number of hydrogen-bond donors (Lipinski definition) is 1. The van der Waals surface area contributed by atoms with E-state index in [0.717, 1.165) is 31.7 Å². The summed E-state index contributed by atoms with van der Waals surface area (Å²) in [7, 11) is 0. The van der Waals surface area contributed by atoms with Gasteiger partial charge in [-0.1, -0.05) is 12.1 Å². The van der Waals surface area contributed by atoms with Crippen molar-refractivity contribution in [3.05, 3.63) is 47.4 Å². The molecule has 0 amide bonds. The van der Waals surface area contributed by atoms with Gasteiger partial charge in [-0.3, -0.25) is 0 Å². The lowest BCUT2D eigenvalue weighted by atomic mass is 9.97. The first-order valence-corrected chi connectivity index (χ1v) is 7.20. The average molecular weight is 286 g/mol. The molecular formula is C16H19FN4. The number of rotatable bonds is 3. The maximum absolute atomic E-state index is 13.3. The van der Waals surface area contributed by atoms with Crippen molar-refractivity contribution in [2.75, 3.05) is 23.7 Å². The molecule has 0 aliphatic carbocycles. The van der Waals surface area contributed by atoms with E-state index in [0.29, 0.717) is 17.4 Å². The molecule has 2 heterocycles. The van der Waals surface area contributed by atoms with Crippen molar-refractivity contribution >= 4 is 11.8 Å². The summed E-state index contributed by atoms with van der Waals surface area (Å²) in [5, 5.41) is 0. The summed E-state index contributed by atoms with van der Waals surface area (Å²) in [6.07, 6.45) is 3.77. The molecule has 4 nitrogen and oxygen atoms in total. The summed E-state index contributed by atoms with van der Waals surface area (Å²) in [4.78, 5) is 10.4. The van der Waals surface area contributed by atoms with Crippen molar-refractivity contribution in [1.82, 2.24) is 9.97 Å². The minimum absolute atomic E-state index is 0.136. The van der Waals surface area contributed by atoms with E-state index < -0.39 is 0 Å². The topological polar surface area (TPSA) is 55.0 Å². The Morgan fingerprint density at radius 1 is 1.38 bits per heavy atom. The van der Waals surface area contributed by atoms with Crippen molar-refractivity contribution in [2.24, 2.45) is 5.92 Å². The Balaban J connectivity index is 1.65. The molecule has 1 aliphatic rings. The summed E-state index contributed by atoms with van der Waals surface area (Å²) >= 11 is 0. The van der Waals surface area contributed by atoms with Gasteiger partial charge in [-0.25, -0.2) is 9.37 Å². The number of nitrogens with zero attached hydrogens (tertiary/aromatic N) is 3. The largest absolute Gasteiger partial charge is 0.368 e. The average Bonchev–Trinajstić information content (AvgIpc) is 2.91. The fraction of sp³-hybridized carbons (Fsp3) is 0.375. The smallest absolute Gasteiger partial charge is 0.221 e. The summed E-state index contributed by atoms with van der Waals surface area (Å²) in [6.45, 7) is 3.73. The number of hydrogen-bond acceptors (Lipinski definition) is 4. The zero-order valence-electron chi connectivity index (χ0n) is 12.1. The van der Waals surface area contributed by atoms with Crippen LogP contribution < -0.4 is 10.6 Å². The highest BCUT2D eigenvalue weighted by Crippen LogP contribution is 2.25. The minimum Gasteiger partial charge on any atom is -0.368 e. The molecule has 1 saturated heterocycles. The Labute approximate surface area is 123 Å².